The van der Waals surface area contributed by atoms with E-state index >= 15 is 0 Å². The Bertz CT molecular complexity index is 643. The number of ketones is 1. The zero-order chi connectivity index (χ0) is 15.2. The lowest BCUT2D eigenvalue weighted by Crippen LogP contribution is -2.09. The molecule has 0 bridgehead atoms. The Kier molecular flexibility index (Phi) is 5.20. The van der Waals surface area contributed by atoms with Crippen molar-refractivity contribution in [2.24, 2.45) is 0 Å². The lowest BCUT2D eigenvalue weighted by Gasteiger charge is -2.11. The molecule has 0 saturated carbocycles. The van der Waals surface area contributed by atoms with Gasteiger partial charge in [0.25, 0.3) is 0 Å². The Morgan fingerprint density at radius 1 is 1.19 bits per heavy atom. The molecule has 110 valence electrons. The number of carbonyl (C=O) groups excluding carboxylic acids is 1. The fraction of sp³-hybridized carbons (Fsp3) is 0.188. The van der Waals surface area contributed by atoms with Gasteiger partial charge in [-0.05, 0) is 30.3 Å². The molecule has 21 heavy (non-hydrogen) atoms. The molecule has 0 aliphatic carbocycles. The third-order valence-corrected chi connectivity index (χ3v) is 3.28. The predicted molar refractivity (Wildman–Crippen MR) is 83.1 cm³/mol. The van der Waals surface area contributed by atoms with Crippen LogP contribution in [0.1, 0.15) is 15.9 Å². The highest BCUT2D eigenvalue weighted by atomic mass is 35.5. The largest absolute Gasteiger partial charge is 0.490 e. The summed E-state index contributed by atoms with van der Waals surface area (Å²) in [6.07, 6.45) is 0. The van der Waals surface area contributed by atoms with Crippen molar-refractivity contribution in [3.05, 3.63) is 58.6 Å². The number of rotatable bonds is 6. The van der Waals surface area contributed by atoms with Gasteiger partial charge in [0.15, 0.2) is 5.78 Å². The minimum absolute atomic E-state index is 0.161. The number of benzene rings is 2. The van der Waals surface area contributed by atoms with E-state index in [9.17, 15) is 4.79 Å². The van der Waals surface area contributed by atoms with Gasteiger partial charge >= 0.3 is 0 Å². The molecule has 0 spiro atoms. The molecular formula is C16H16ClNO3. The molecule has 2 N–H and O–H groups in total. The zero-order valence-electron chi connectivity index (χ0n) is 11.6. The lowest BCUT2D eigenvalue weighted by atomic mass is 10.0. The summed E-state index contributed by atoms with van der Waals surface area (Å²) in [6, 6.07) is 11.9. The minimum atomic E-state index is -0.161. The number of nitrogen functional groups attached to an aromatic ring is 1. The van der Waals surface area contributed by atoms with Crippen molar-refractivity contribution in [1.29, 1.82) is 0 Å². The molecular weight excluding hydrogens is 290 g/mol. The van der Waals surface area contributed by atoms with Crippen molar-refractivity contribution in [3.8, 4) is 5.75 Å². The van der Waals surface area contributed by atoms with Gasteiger partial charge in [-0.3, -0.25) is 4.79 Å². The summed E-state index contributed by atoms with van der Waals surface area (Å²) in [5, 5.41) is 0.427. The molecule has 5 heteroatoms. The lowest BCUT2D eigenvalue weighted by molar-refractivity contribution is 0.103. The Hall–Kier alpha value is -2.04. The van der Waals surface area contributed by atoms with E-state index in [1.54, 1.807) is 43.5 Å². The molecule has 0 heterocycles. The van der Waals surface area contributed by atoms with Gasteiger partial charge in [-0.1, -0.05) is 23.7 Å². The van der Waals surface area contributed by atoms with Crippen molar-refractivity contribution < 1.29 is 14.3 Å². The van der Waals surface area contributed by atoms with Crippen LogP contribution in [-0.4, -0.2) is 26.1 Å². The van der Waals surface area contributed by atoms with E-state index in [4.69, 9.17) is 26.8 Å². The van der Waals surface area contributed by atoms with E-state index in [1.165, 1.54) is 0 Å². The van der Waals surface area contributed by atoms with Gasteiger partial charge in [0, 0.05) is 12.7 Å². The predicted octanol–water partition coefficient (Wildman–Crippen LogP) is 3.18. The van der Waals surface area contributed by atoms with Gasteiger partial charge in [-0.25, -0.2) is 0 Å². The van der Waals surface area contributed by atoms with E-state index in [-0.39, 0.29) is 5.78 Å². The van der Waals surface area contributed by atoms with Gasteiger partial charge in [-0.2, -0.15) is 0 Å². The van der Waals surface area contributed by atoms with Gasteiger partial charge in [0.05, 0.1) is 22.9 Å². The second-order valence-corrected chi connectivity index (χ2v) is 4.81. The number of para-hydroxylation sites is 1. The normalized spacial score (nSPS) is 10.4. The highest BCUT2D eigenvalue weighted by molar-refractivity contribution is 6.33. The second kappa shape index (κ2) is 7.11. The van der Waals surface area contributed by atoms with Gasteiger partial charge < -0.3 is 15.2 Å². The molecule has 2 aromatic carbocycles. The summed E-state index contributed by atoms with van der Waals surface area (Å²) < 4.78 is 10.5. The maximum atomic E-state index is 12.6. The fourth-order valence-electron chi connectivity index (χ4n) is 1.86. The number of ether oxygens (including phenoxy) is 2. The number of hydrogen-bond donors (Lipinski definition) is 1. The number of methoxy groups -OCH3 is 1. The van der Waals surface area contributed by atoms with E-state index in [2.05, 4.69) is 0 Å². The van der Waals surface area contributed by atoms with Gasteiger partial charge in [0.2, 0.25) is 0 Å². The van der Waals surface area contributed by atoms with Crippen LogP contribution in [0.2, 0.25) is 5.02 Å². The molecule has 0 saturated heterocycles. The van der Waals surface area contributed by atoms with Crippen LogP contribution in [0.3, 0.4) is 0 Å². The summed E-state index contributed by atoms with van der Waals surface area (Å²) in [5.41, 5.74) is 7.07. The van der Waals surface area contributed by atoms with Crippen LogP contribution in [0.15, 0.2) is 42.5 Å². The number of halogens is 1. The van der Waals surface area contributed by atoms with Crippen LogP contribution in [0.5, 0.6) is 5.75 Å². The first-order valence-corrected chi connectivity index (χ1v) is 6.81. The molecule has 0 aliphatic heterocycles. The fourth-order valence-corrected chi connectivity index (χ4v) is 1.97. The molecule has 0 aromatic heterocycles. The maximum Gasteiger partial charge on any atom is 0.196 e. The van der Waals surface area contributed by atoms with Crippen LogP contribution in [-0.2, 0) is 4.74 Å². The van der Waals surface area contributed by atoms with Crippen molar-refractivity contribution in [3.63, 3.8) is 0 Å². The molecule has 0 atom stereocenters. The molecule has 2 rings (SSSR count). The molecule has 4 nitrogen and oxygen atoms in total. The molecule has 2 aromatic rings. The second-order valence-electron chi connectivity index (χ2n) is 4.40. The first kappa shape index (κ1) is 15.4. The minimum Gasteiger partial charge on any atom is -0.490 e. The molecule has 0 amide bonds. The van der Waals surface area contributed by atoms with Crippen molar-refractivity contribution >= 4 is 23.1 Å². The topological polar surface area (TPSA) is 61.5 Å². The number of anilines is 1. The monoisotopic (exact) mass is 305 g/mol. The maximum absolute atomic E-state index is 12.6. The van der Waals surface area contributed by atoms with Crippen LogP contribution in [0.4, 0.5) is 5.69 Å². The average molecular weight is 306 g/mol. The number of hydrogen-bond acceptors (Lipinski definition) is 4. The van der Waals surface area contributed by atoms with Gasteiger partial charge in [-0.15, -0.1) is 0 Å². The van der Waals surface area contributed by atoms with E-state index < -0.39 is 0 Å². The Morgan fingerprint density at radius 3 is 2.67 bits per heavy atom. The molecule has 0 aliphatic rings. The highest BCUT2D eigenvalue weighted by Gasteiger charge is 2.15. The molecule has 0 radical (unpaired) electrons. The molecule has 0 unspecified atom stereocenters. The van der Waals surface area contributed by atoms with E-state index in [1.807, 2.05) is 6.07 Å². The van der Waals surface area contributed by atoms with Crippen LogP contribution < -0.4 is 10.5 Å². The summed E-state index contributed by atoms with van der Waals surface area (Å²) >= 11 is 5.87. The Labute approximate surface area is 128 Å². The molecule has 0 fully saturated rings. The Morgan fingerprint density at radius 2 is 1.95 bits per heavy atom. The first-order valence-electron chi connectivity index (χ1n) is 6.44. The van der Waals surface area contributed by atoms with E-state index in [0.29, 0.717) is 40.8 Å². The van der Waals surface area contributed by atoms with Crippen LogP contribution >= 0.6 is 11.6 Å². The first-order chi connectivity index (χ1) is 10.1. The van der Waals surface area contributed by atoms with Crippen LogP contribution in [0.25, 0.3) is 0 Å². The smallest absolute Gasteiger partial charge is 0.196 e. The van der Waals surface area contributed by atoms with Crippen LogP contribution in [0, 0.1) is 0 Å². The summed E-state index contributed by atoms with van der Waals surface area (Å²) in [4.78, 5) is 12.6. The van der Waals surface area contributed by atoms with Gasteiger partial charge in [0.1, 0.15) is 12.4 Å². The van der Waals surface area contributed by atoms with E-state index in [0.717, 1.165) is 0 Å². The summed E-state index contributed by atoms with van der Waals surface area (Å²) in [7, 11) is 1.59. The summed E-state index contributed by atoms with van der Waals surface area (Å²) in [5.74, 6) is 0.361. The standard InChI is InChI=1S/C16H16ClNO3/c1-20-8-9-21-15-5-3-2-4-12(15)16(19)11-6-7-13(17)14(18)10-11/h2-7,10H,8-9,18H2,1H3. The van der Waals surface area contributed by atoms with Crippen molar-refractivity contribution in [1.82, 2.24) is 0 Å². The summed E-state index contributed by atoms with van der Waals surface area (Å²) in [6.45, 7) is 0.833. The van der Waals surface area contributed by atoms with Crippen molar-refractivity contribution in [2.75, 3.05) is 26.1 Å². The quantitative estimate of drug-likeness (QED) is 0.506. The average Bonchev–Trinajstić information content (AvgIpc) is 2.50. The number of carbonyl (C=O) groups is 1. The SMILES string of the molecule is COCCOc1ccccc1C(=O)c1ccc(Cl)c(N)c1. The van der Waals surface area contributed by atoms with Crippen molar-refractivity contribution in [2.45, 2.75) is 0 Å². The zero-order valence-corrected chi connectivity index (χ0v) is 12.4. The third kappa shape index (κ3) is 3.74. The number of nitrogens with two attached hydrogens (primary N) is 1. The highest BCUT2D eigenvalue weighted by Crippen LogP contribution is 2.25. The Balaban J connectivity index is 2.27. The third-order valence-electron chi connectivity index (χ3n) is 2.93.